The molecule has 0 saturated carbocycles. The summed E-state index contributed by atoms with van der Waals surface area (Å²) < 4.78 is 10.8. The van der Waals surface area contributed by atoms with Crippen molar-refractivity contribution in [1.82, 2.24) is 5.32 Å². The fourth-order valence-corrected chi connectivity index (χ4v) is 2.99. The molecule has 2 aromatic rings. The van der Waals surface area contributed by atoms with E-state index in [-0.39, 0.29) is 12.5 Å². The van der Waals surface area contributed by atoms with Crippen LogP contribution in [0.2, 0.25) is 0 Å². The third-order valence-corrected chi connectivity index (χ3v) is 4.53. The summed E-state index contributed by atoms with van der Waals surface area (Å²) in [6, 6.07) is 13.7. The van der Waals surface area contributed by atoms with E-state index in [0.29, 0.717) is 25.0 Å². The normalized spacial score (nSPS) is 11.0. The van der Waals surface area contributed by atoms with Crippen molar-refractivity contribution < 1.29 is 14.3 Å². The predicted octanol–water partition coefficient (Wildman–Crippen LogP) is 4.55. The molecule has 2 rings (SSSR count). The van der Waals surface area contributed by atoms with Crippen LogP contribution < -0.4 is 20.1 Å². The van der Waals surface area contributed by atoms with Crippen molar-refractivity contribution >= 4 is 11.6 Å². The number of para-hydroxylation sites is 1. The lowest BCUT2D eigenvalue weighted by atomic mass is 9.92. The maximum absolute atomic E-state index is 12.4. The van der Waals surface area contributed by atoms with E-state index in [0.717, 1.165) is 17.2 Å². The van der Waals surface area contributed by atoms with Gasteiger partial charge in [-0.15, -0.1) is 0 Å². The molecular formula is C23H32N2O3. The van der Waals surface area contributed by atoms with Gasteiger partial charge in [0.25, 0.3) is 0 Å². The van der Waals surface area contributed by atoms with E-state index in [1.807, 2.05) is 24.3 Å². The molecule has 2 aromatic carbocycles. The van der Waals surface area contributed by atoms with Crippen LogP contribution in [0.4, 0.5) is 5.69 Å². The van der Waals surface area contributed by atoms with Crippen LogP contribution in [0.3, 0.4) is 0 Å². The SMILES string of the molecule is COc1ccc(OCCNCC(=O)Nc2c(C(C)C)cccc2C(C)C)cc1. The van der Waals surface area contributed by atoms with Crippen molar-refractivity contribution in [2.75, 3.05) is 32.1 Å². The molecule has 0 aromatic heterocycles. The lowest BCUT2D eigenvalue weighted by Crippen LogP contribution is -2.31. The van der Waals surface area contributed by atoms with Gasteiger partial charge >= 0.3 is 0 Å². The third-order valence-electron chi connectivity index (χ3n) is 4.53. The molecule has 5 heteroatoms. The van der Waals surface area contributed by atoms with Crippen LogP contribution in [0, 0.1) is 0 Å². The minimum absolute atomic E-state index is 0.0422. The molecule has 0 saturated heterocycles. The van der Waals surface area contributed by atoms with Crippen molar-refractivity contribution in [2.24, 2.45) is 0 Å². The number of hydrogen-bond acceptors (Lipinski definition) is 4. The molecule has 28 heavy (non-hydrogen) atoms. The molecule has 0 bridgehead atoms. The fourth-order valence-electron chi connectivity index (χ4n) is 2.99. The number of hydrogen-bond donors (Lipinski definition) is 2. The van der Waals surface area contributed by atoms with E-state index in [1.54, 1.807) is 7.11 Å². The Morgan fingerprint density at radius 2 is 1.50 bits per heavy atom. The lowest BCUT2D eigenvalue weighted by molar-refractivity contribution is -0.115. The van der Waals surface area contributed by atoms with Crippen LogP contribution in [0.5, 0.6) is 11.5 Å². The quantitative estimate of drug-likeness (QED) is 0.590. The standard InChI is InChI=1S/C23H32N2O3/c1-16(2)20-7-6-8-21(17(3)4)23(20)25-22(26)15-24-13-14-28-19-11-9-18(27-5)10-12-19/h6-12,16-17,24H,13-15H2,1-5H3,(H,25,26). The average molecular weight is 385 g/mol. The van der Waals surface area contributed by atoms with Crippen LogP contribution in [0.1, 0.15) is 50.7 Å². The van der Waals surface area contributed by atoms with E-state index in [2.05, 4.69) is 56.5 Å². The Morgan fingerprint density at radius 3 is 2.04 bits per heavy atom. The molecule has 0 radical (unpaired) electrons. The zero-order chi connectivity index (χ0) is 20.5. The third kappa shape index (κ3) is 6.27. The van der Waals surface area contributed by atoms with Crippen molar-refractivity contribution in [2.45, 2.75) is 39.5 Å². The monoisotopic (exact) mass is 384 g/mol. The molecule has 0 fully saturated rings. The molecule has 1 amide bonds. The molecule has 0 aliphatic heterocycles. The fraction of sp³-hybridized carbons (Fsp3) is 0.435. The number of methoxy groups -OCH3 is 1. The summed E-state index contributed by atoms with van der Waals surface area (Å²) in [4.78, 5) is 12.4. The highest BCUT2D eigenvalue weighted by Crippen LogP contribution is 2.32. The molecule has 5 nitrogen and oxygen atoms in total. The zero-order valence-corrected chi connectivity index (χ0v) is 17.5. The molecule has 0 aliphatic rings. The van der Waals surface area contributed by atoms with Gasteiger partial charge in [0.1, 0.15) is 18.1 Å². The minimum atomic E-state index is -0.0422. The number of amides is 1. The molecule has 0 heterocycles. The van der Waals surface area contributed by atoms with Gasteiger partial charge in [0.2, 0.25) is 5.91 Å². The van der Waals surface area contributed by atoms with Crippen LogP contribution >= 0.6 is 0 Å². The molecule has 0 atom stereocenters. The highest BCUT2D eigenvalue weighted by molar-refractivity contribution is 5.94. The Kier molecular flexibility index (Phi) is 8.33. The van der Waals surface area contributed by atoms with Crippen molar-refractivity contribution in [3.8, 4) is 11.5 Å². The Labute approximate surface area is 168 Å². The van der Waals surface area contributed by atoms with Gasteiger partial charge in [-0.25, -0.2) is 0 Å². The Bertz CT molecular complexity index is 729. The van der Waals surface area contributed by atoms with E-state index in [9.17, 15) is 4.79 Å². The summed E-state index contributed by atoms with van der Waals surface area (Å²) in [5.41, 5.74) is 3.29. The van der Waals surface area contributed by atoms with Gasteiger partial charge in [-0.1, -0.05) is 45.9 Å². The maximum atomic E-state index is 12.4. The van der Waals surface area contributed by atoms with Crippen molar-refractivity contribution in [3.63, 3.8) is 0 Å². The van der Waals surface area contributed by atoms with Gasteiger partial charge < -0.3 is 20.1 Å². The first kappa shape index (κ1) is 21.8. The zero-order valence-electron chi connectivity index (χ0n) is 17.5. The second kappa shape index (κ2) is 10.7. The van der Waals surface area contributed by atoms with Gasteiger partial charge in [0.15, 0.2) is 0 Å². The average Bonchev–Trinajstić information content (AvgIpc) is 2.68. The second-order valence-electron chi connectivity index (χ2n) is 7.37. The minimum Gasteiger partial charge on any atom is -0.497 e. The molecule has 152 valence electrons. The lowest BCUT2D eigenvalue weighted by Gasteiger charge is -2.20. The predicted molar refractivity (Wildman–Crippen MR) is 115 cm³/mol. The number of carbonyl (C=O) groups excluding carboxylic acids is 1. The maximum Gasteiger partial charge on any atom is 0.238 e. The highest BCUT2D eigenvalue weighted by atomic mass is 16.5. The van der Waals surface area contributed by atoms with Gasteiger partial charge in [0.05, 0.1) is 13.7 Å². The summed E-state index contributed by atoms with van der Waals surface area (Å²) in [6.45, 7) is 9.89. The van der Waals surface area contributed by atoms with Crippen molar-refractivity contribution in [1.29, 1.82) is 0 Å². The topological polar surface area (TPSA) is 59.6 Å². The van der Waals surface area contributed by atoms with Crippen LogP contribution in [0.25, 0.3) is 0 Å². The first-order chi connectivity index (χ1) is 13.4. The van der Waals surface area contributed by atoms with Gasteiger partial charge in [-0.2, -0.15) is 0 Å². The Hall–Kier alpha value is -2.53. The molecular weight excluding hydrogens is 352 g/mol. The largest absolute Gasteiger partial charge is 0.497 e. The number of benzene rings is 2. The summed E-state index contributed by atoms with van der Waals surface area (Å²) in [6.07, 6.45) is 0. The first-order valence-electron chi connectivity index (χ1n) is 9.82. The van der Waals surface area contributed by atoms with Crippen LogP contribution in [0.15, 0.2) is 42.5 Å². The summed E-state index contributed by atoms with van der Waals surface area (Å²) in [5, 5.41) is 6.24. The van der Waals surface area contributed by atoms with E-state index in [1.165, 1.54) is 11.1 Å². The molecule has 0 spiro atoms. The summed E-state index contributed by atoms with van der Waals surface area (Å²) in [5.74, 6) is 2.23. The Morgan fingerprint density at radius 1 is 0.929 bits per heavy atom. The summed E-state index contributed by atoms with van der Waals surface area (Å²) in [7, 11) is 1.63. The molecule has 0 unspecified atom stereocenters. The van der Waals surface area contributed by atoms with E-state index in [4.69, 9.17) is 9.47 Å². The van der Waals surface area contributed by atoms with Gasteiger partial charge in [-0.05, 0) is 47.2 Å². The molecule has 2 N–H and O–H groups in total. The van der Waals surface area contributed by atoms with Gasteiger partial charge in [0, 0.05) is 12.2 Å². The number of ether oxygens (including phenoxy) is 2. The number of anilines is 1. The van der Waals surface area contributed by atoms with E-state index >= 15 is 0 Å². The smallest absolute Gasteiger partial charge is 0.238 e. The van der Waals surface area contributed by atoms with Crippen LogP contribution in [-0.2, 0) is 4.79 Å². The van der Waals surface area contributed by atoms with E-state index < -0.39 is 0 Å². The number of nitrogens with one attached hydrogen (secondary N) is 2. The number of rotatable bonds is 10. The van der Waals surface area contributed by atoms with Crippen molar-refractivity contribution in [3.05, 3.63) is 53.6 Å². The molecule has 0 aliphatic carbocycles. The first-order valence-corrected chi connectivity index (χ1v) is 9.82. The Balaban J connectivity index is 1.82. The summed E-state index contributed by atoms with van der Waals surface area (Å²) >= 11 is 0. The highest BCUT2D eigenvalue weighted by Gasteiger charge is 2.15. The van der Waals surface area contributed by atoms with Gasteiger partial charge in [-0.3, -0.25) is 4.79 Å². The van der Waals surface area contributed by atoms with Crippen LogP contribution in [-0.4, -0.2) is 32.7 Å². The second-order valence-corrected chi connectivity index (χ2v) is 7.37. The number of carbonyl (C=O) groups is 1.